The largest absolute Gasteiger partial charge is 0.460 e. The zero-order valence-electron chi connectivity index (χ0n) is 20.3. The minimum absolute atomic E-state index is 0.00426. The summed E-state index contributed by atoms with van der Waals surface area (Å²) in [5.41, 5.74) is 2.41. The van der Waals surface area contributed by atoms with Gasteiger partial charge in [0.25, 0.3) is 0 Å². The molecule has 33 heavy (non-hydrogen) atoms. The maximum atomic E-state index is 13.7. The zero-order chi connectivity index (χ0) is 24.8. The first kappa shape index (κ1) is 25.4. The summed E-state index contributed by atoms with van der Waals surface area (Å²) < 4.78 is 11.6. The monoisotopic (exact) mass is 477 g/mol. The number of carbonyl (C=O) groups is 2. The van der Waals surface area contributed by atoms with Gasteiger partial charge < -0.3 is 19.9 Å². The van der Waals surface area contributed by atoms with Gasteiger partial charge in [0, 0.05) is 12.3 Å². The van der Waals surface area contributed by atoms with Crippen LogP contribution < -0.4 is 16.2 Å². The van der Waals surface area contributed by atoms with Crippen LogP contribution in [0.25, 0.3) is 0 Å². The van der Waals surface area contributed by atoms with Gasteiger partial charge in [-0.2, -0.15) is 0 Å². The van der Waals surface area contributed by atoms with Crippen molar-refractivity contribution in [2.45, 2.75) is 83.3 Å². The smallest absolute Gasteiger partial charge is 0.313 e. The van der Waals surface area contributed by atoms with Crippen LogP contribution in [0, 0.1) is 11.8 Å². The molecule has 3 rings (SSSR count). The van der Waals surface area contributed by atoms with E-state index in [1.54, 1.807) is 48.5 Å². The van der Waals surface area contributed by atoms with Crippen LogP contribution in [0.5, 0.6) is 0 Å². The summed E-state index contributed by atoms with van der Waals surface area (Å²) in [4.78, 5) is 27.2. The van der Waals surface area contributed by atoms with Crippen molar-refractivity contribution in [1.29, 1.82) is 0 Å². The van der Waals surface area contributed by atoms with Crippen LogP contribution >= 0.6 is 12.2 Å². The molecule has 0 unspecified atom stereocenters. The fourth-order valence-corrected chi connectivity index (χ4v) is 5.12. The molecule has 0 bridgehead atoms. The molecule has 5 atom stereocenters. The average Bonchev–Trinajstić information content (AvgIpc) is 2.98. The summed E-state index contributed by atoms with van der Waals surface area (Å²) in [7, 11) is 0. The molecule has 8 nitrogen and oxygen atoms in total. The van der Waals surface area contributed by atoms with E-state index < -0.39 is 52.2 Å². The topological polar surface area (TPSA) is 109 Å². The Morgan fingerprint density at radius 3 is 1.97 bits per heavy atom. The molecule has 0 aromatic heterocycles. The van der Waals surface area contributed by atoms with E-state index in [1.807, 2.05) is 30.3 Å². The molecule has 1 aromatic rings. The second kappa shape index (κ2) is 8.52. The van der Waals surface area contributed by atoms with Gasteiger partial charge in [-0.1, -0.05) is 30.3 Å². The molecule has 0 amide bonds. The highest BCUT2D eigenvalue weighted by atomic mass is 32.1. The molecular weight excluding hydrogens is 442 g/mol. The van der Waals surface area contributed by atoms with E-state index in [0.29, 0.717) is 10.7 Å². The maximum Gasteiger partial charge on any atom is 0.313 e. The van der Waals surface area contributed by atoms with Gasteiger partial charge in [0.1, 0.15) is 22.8 Å². The van der Waals surface area contributed by atoms with Gasteiger partial charge >= 0.3 is 11.9 Å². The number of thiocarbonyl (C=S) groups is 1. The predicted octanol–water partition coefficient (Wildman–Crippen LogP) is 2.52. The van der Waals surface area contributed by atoms with E-state index in [0.717, 1.165) is 0 Å². The van der Waals surface area contributed by atoms with Crippen molar-refractivity contribution in [3.8, 4) is 0 Å². The van der Waals surface area contributed by atoms with Crippen molar-refractivity contribution in [3.05, 3.63) is 35.9 Å². The summed E-state index contributed by atoms with van der Waals surface area (Å²) >= 11 is 5.29. The molecule has 182 valence electrons. The molecule has 4 N–H and O–H groups in total. The number of aliphatic hydroxyl groups is 1. The molecule has 1 aromatic carbocycles. The Kier molecular flexibility index (Phi) is 6.56. The number of benzene rings is 1. The molecule has 1 saturated heterocycles. The first-order valence-corrected chi connectivity index (χ1v) is 11.5. The van der Waals surface area contributed by atoms with E-state index in [-0.39, 0.29) is 6.42 Å². The Labute approximate surface area is 200 Å². The molecule has 1 spiro atoms. The van der Waals surface area contributed by atoms with Crippen LogP contribution in [-0.4, -0.2) is 44.6 Å². The van der Waals surface area contributed by atoms with Crippen LogP contribution in [-0.2, 0) is 19.1 Å². The van der Waals surface area contributed by atoms with Gasteiger partial charge in [-0.15, -0.1) is 0 Å². The Hall–Kier alpha value is -2.23. The highest BCUT2D eigenvalue weighted by Crippen LogP contribution is 2.52. The highest BCUT2D eigenvalue weighted by Gasteiger charge is 2.65. The summed E-state index contributed by atoms with van der Waals surface area (Å²) in [6.07, 6.45) is 0.00426. The number of hydrogen-bond acceptors (Lipinski definition) is 7. The lowest BCUT2D eigenvalue weighted by atomic mass is 9.58. The fourth-order valence-electron chi connectivity index (χ4n) is 4.89. The Morgan fingerprint density at radius 2 is 1.52 bits per heavy atom. The standard InChI is InChI=1S/C24H35N3O5S/c1-21(2,3)31-18(28)16-15(14-11-9-8-10-12-14)17(19(29)32-22(4,5)6)24(13-23(16,7)30)25-20(33)26-27-24/h8-12,15-17,27,30H,13H2,1-7H3,(H2,25,26,33)/t15-,16-,17+,23+,24-/m0/s1. The maximum absolute atomic E-state index is 13.7. The van der Waals surface area contributed by atoms with E-state index in [9.17, 15) is 14.7 Å². The summed E-state index contributed by atoms with van der Waals surface area (Å²) in [6.45, 7) is 12.3. The second-order valence-electron chi connectivity index (χ2n) is 11.2. The van der Waals surface area contributed by atoms with Gasteiger partial charge in [0.2, 0.25) is 0 Å². The summed E-state index contributed by atoms with van der Waals surface area (Å²) in [5.74, 6) is -3.78. The number of nitrogens with one attached hydrogen (secondary N) is 3. The van der Waals surface area contributed by atoms with E-state index in [1.165, 1.54) is 0 Å². The zero-order valence-corrected chi connectivity index (χ0v) is 21.1. The quantitative estimate of drug-likeness (QED) is 0.386. The normalized spacial score (nSPS) is 32.1. The summed E-state index contributed by atoms with van der Waals surface area (Å²) in [6, 6.07) is 9.21. The minimum atomic E-state index is -1.54. The van der Waals surface area contributed by atoms with Crippen LogP contribution in [0.1, 0.15) is 66.4 Å². The van der Waals surface area contributed by atoms with E-state index >= 15 is 0 Å². The molecule has 2 fully saturated rings. The lowest BCUT2D eigenvalue weighted by Gasteiger charge is -2.53. The third-order valence-corrected chi connectivity index (χ3v) is 6.00. The number of carbonyl (C=O) groups excluding carboxylic acids is 2. The lowest BCUT2D eigenvalue weighted by molar-refractivity contribution is -0.190. The molecule has 1 aliphatic heterocycles. The van der Waals surface area contributed by atoms with Gasteiger partial charge in [-0.05, 0) is 66.2 Å². The second-order valence-corrected chi connectivity index (χ2v) is 11.6. The van der Waals surface area contributed by atoms with Gasteiger partial charge in [0.05, 0.1) is 11.5 Å². The number of hydrazine groups is 1. The van der Waals surface area contributed by atoms with Crippen LogP contribution in [0.2, 0.25) is 0 Å². The van der Waals surface area contributed by atoms with Crippen molar-refractivity contribution >= 4 is 29.3 Å². The minimum Gasteiger partial charge on any atom is -0.460 e. The van der Waals surface area contributed by atoms with Crippen molar-refractivity contribution in [1.82, 2.24) is 16.2 Å². The Balaban J connectivity index is 2.21. The fraction of sp³-hybridized carbons (Fsp3) is 0.625. The first-order valence-electron chi connectivity index (χ1n) is 11.1. The highest BCUT2D eigenvalue weighted by molar-refractivity contribution is 7.80. The van der Waals surface area contributed by atoms with E-state index in [2.05, 4.69) is 16.2 Å². The van der Waals surface area contributed by atoms with Gasteiger partial charge in [-0.25, -0.2) is 5.43 Å². The third kappa shape index (κ3) is 5.47. The average molecular weight is 478 g/mol. The molecule has 9 heteroatoms. The first-order chi connectivity index (χ1) is 15.0. The Morgan fingerprint density at radius 1 is 1.00 bits per heavy atom. The SMILES string of the molecule is CC(C)(C)OC(=O)[C@@H]1[C@H](c2ccccc2)[C@H](C(=O)OC(C)(C)C)[C@]2(C[C@@]1(C)O)NNC(=S)N2. The number of esters is 2. The number of hydrogen-bond donors (Lipinski definition) is 4. The van der Waals surface area contributed by atoms with Crippen molar-refractivity contribution in [2.24, 2.45) is 11.8 Å². The Bertz CT molecular complexity index is 922. The van der Waals surface area contributed by atoms with Crippen molar-refractivity contribution < 1.29 is 24.2 Å². The van der Waals surface area contributed by atoms with Crippen LogP contribution in [0.15, 0.2) is 30.3 Å². The molecular formula is C24H35N3O5S. The van der Waals surface area contributed by atoms with Crippen LogP contribution in [0.3, 0.4) is 0 Å². The molecule has 1 heterocycles. The van der Waals surface area contributed by atoms with Crippen molar-refractivity contribution in [3.63, 3.8) is 0 Å². The lowest BCUT2D eigenvalue weighted by Crippen LogP contribution is -2.70. The van der Waals surface area contributed by atoms with E-state index in [4.69, 9.17) is 21.7 Å². The molecule has 1 saturated carbocycles. The van der Waals surface area contributed by atoms with Crippen LogP contribution in [0.4, 0.5) is 0 Å². The third-order valence-electron chi connectivity index (χ3n) is 5.80. The van der Waals surface area contributed by atoms with Gasteiger partial charge in [0.15, 0.2) is 5.11 Å². The van der Waals surface area contributed by atoms with Gasteiger partial charge in [-0.3, -0.25) is 15.0 Å². The predicted molar refractivity (Wildman–Crippen MR) is 128 cm³/mol. The number of rotatable bonds is 3. The molecule has 0 radical (unpaired) electrons. The number of ether oxygens (including phenoxy) is 2. The molecule has 1 aliphatic carbocycles. The van der Waals surface area contributed by atoms with Crippen molar-refractivity contribution in [2.75, 3.05) is 0 Å². The summed E-state index contributed by atoms with van der Waals surface area (Å²) in [5, 5.41) is 15.1. The molecule has 2 aliphatic rings.